The first-order chi connectivity index (χ1) is 7.24. The lowest BCUT2D eigenvalue weighted by Gasteiger charge is -2.04. The summed E-state index contributed by atoms with van der Waals surface area (Å²) in [5, 5.41) is 6.84. The van der Waals surface area contributed by atoms with E-state index in [2.05, 4.69) is 20.4 Å². The van der Waals surface area contributed by atoms with E-state index in [0.717, 1.165) is 5.69 Å². The third-order valence-corrected chi connectivity index (χ3v) is 1.80. The molecule has 0 aromatic carbocycles. The number of hydrogen-bond acceptors (Lipinski definition) is 6. The summed E-state index contributed by atoms with van der Waals surface area (Å²) >= 11 is 0. The fourth-order valence-electron chi connectivity index (χ4n) is 1.19. The lowest BCUT2D eigenvalue weighted by Crippen LogP contribution is -2.04. The van der Waals surface area contributed by atoms with Crippen molar-refractivity contribution < 1.29 is 4.52 Å². The molecular formula is C9H11N5O. The molecule has 0 atom stereocenters. The van der Waals surface area contributed by atoms with Gasteiger partial charge >= 0.3 is 0 Å². The minimum atomic E-state index is 0.449. The Bertz CT molecular complexity index is 420. The van der Waals surface area contributed by atoms with Crippen LogP contribution < -0.4 is 11.1 Å². The monoisotopic (exact) mass is 205 g/mol. The molecule has 6 nitrogen and oxygen atoms in total. The normalized spacial score (nSPS) is 10.2. The Morgan fingerprint density at radius 1 is 1.47 bits per heavy atom. The molecule has 0 bridgehead atoms. The number of aromatic nitrogens is 3. The van der Waals surface area contributed by atoms with E-state index in [-0.39, 0.29) is 0 Å². The van der Waals surface area contributed by atoms with Gasteiger partial charge in [-0.3, -0.25) is 0 Å². The molecule has 0 spiro atoms. The van der Waals surface area contributed by atoms with Crippen LogP contribution in [0.5, 0.6) is 0 Å². The molecule has 0 aliphatic carbocycles. The maximum absolute atomic E-state index is 5.58. The molecule has 2 heterocycles. The molecule has 2 rings (SSSR count). The zero-order chi connectivity index (χ0) is 10.7. The number of anilines is 2. The van der Waals surface area contributed by atoms with E-state index in [1.165, 1.54) is 6.26 Å². The highest BCUT2D eigenvalue weighted by molar-refractivity contribution is 5.44. The second-order valence-electron chi connectivity index (χ2n) is 3.07. The van der Waals surface area contributed by atoms with Gasteiger partial charge in [0.25, 0.3) is 0 Å². The summed E-state index contributed by atoms with van der Waals surface area (Å²) in [6, 6.07) is 3.46. The van der Waals surface area contributed by atoms with Crippen LogP contribution in [0, 0.1) is 6.92 Å². The Labute approximate surface area is 86.5 Å². The van der Waals surface area contributed by atoms with Crippen LogP contribution in [-0.4, -0.2) is 15.1 Å². The molecule has 0 aliphatic rings. The van der Waals surface area contributed by atoms with Gasteiger partial charge < -0.3 is 15.6 Å². The van der Waals surface area contributed by atoms with Gasteiger partial charge in [-0.2, -0.15) is 0 Å². The lowest BCUT2D eigenvalue weighted by atomic mass is 10.4. The first-order valence-corrected chi connectivity index (χ1v) is 4.48. The van der Waals surface area contributed by atoms with E-state index in [9.17, 15) is 0 Å². The van der Waals surface area contributed by atoms with Crippen molar-refractivity contribution in [2.45, 2.75) is 13.5 Å². The van der Waals surface area contributed by atoms with Gasteiger partial charge in [-0.15, -0.1) is 0 Å². The highest BCUT2D eigenvalue weighted by Gasteiger charge is 2.00. The third kappa shape index (κ3) is 2.43. The number of nitrogens with two attached hydrogens (primary N) is 1. The Morgan fingerprint density at radius 2 is 2.33 bits per heavy atom. The largest absolute Gasteiger partial charge is 0.384 e. The SMILES string of the molecule is Cc1nc(N)cc(NCc2ccon2)n1. The van der Waals surface area contributed by atoms with Gasteiger partial charge in [0.15, 0.2) is 0 Å². The minimum absolute atomic E-state index is 0.449. The lowest BCUT2D eigenvalue weighted by molar-refractivity contribution is 0.412. The molecule has 0 aliphatic heterocycles. The highest BCUT2D eigenvalue weighted by atomic mass is 16.5. The van der Waals surface area contributed by atoms with Gasteiger partial charge in [0.05, 0.1) is 6.54 Å². The van der Waals surface area contributed by atoms with Crippen LogP contribution in [-0.2, 0) is 6.54 Å². The van der Waals surface area contributed by atoms with Gasteiger partial charge in [0.2, 0.25) is 0 Å². The second kappa shape index (κ2) is 3.95. The minimum Gasteiger partial charge on any atom is -0.384 e. The number of aryl methyl sites for hydroxylation is 1. The predicted octanol–water partition coefficient (Wildman–Crippen LogP) is 0.967. The Kier molecular flexibility index (Phi) is 2.49. The zero-order valence-electron chi connectivity index (χ0n) is 8.27. The molecular weight excluding hydrogens is 194 g/mol. The first-order valence-electron chi connectivity index (χ1n) is 4.48. The van der Waals surface area contributed by atoms with Crippen LogP contribution in [0.3, 0.4) is 0 Å². The van der Waals surface area contributed by atoms with Crippen LogP contribution in [0.25, 0.3) is 0 Å². The van der Waals surface area contributed by atoms with Gasteiger partial charge in [0, 0.05) is 12.1 Å². The number of hydrogen-bond donors (Lipinski definition) is 2. The molecule has 15 heavy (non-hydrogen) atoms. The molecule has 0 radical (unpaired) electrons. The van der Waals surface area contributed by atoms with Crippen LogP contribution in [0.1, 0.15) is 11.5 Å². The highest BCUT2D eigenvalue weighted by Crippen LogP contribution is 2.08. The number of rotatable bonds is 3. The standard InChI is InChI=1S/C9H11N5O/c1-6-12-8(10)4-9(13-6)11-5-7-2-3-15-14-7/h2-4H,5H2,1H3,(H3,10,11,12,13). The van der Waals surface area contributed by atoms with E-state index in [4.69, 9.17) is 10.3 Å². The molecule has 0 saturated heterocycles. The average Bonchev–Trinajstić information content (AvgIpc) is 2.65. The Hall–Kier alpha value is -2.11. The van der Waals surface area contributed by atoms with Gasteiger partial charge in [-0.05, 0) is 6.92 Å². The van der Waals surface area contributed by atoms with E-state index < -0.39 is 0 Å². The van der Waals surface area contributed by atoms with Gasteiger partial charge in [-0.1, -0.05) is 5.16 Å². The summed E-state index contributed by atoms with van der Waals surface area (Å²) in [6.45, 7) is 2.34. The van der Waals surface area contributed by atoms with E-state index in [0.29, 0.717) is 24.0 Å². The molecule has 2 aromatic rings. The summed E-state index contributed by atoms with van der Waals surface area (Å²) in [5.41, 5.74) is 6.39. The van der Waals surface area contributed by atoms with E-state index >= 15 is 0 Å². The van der Waals surface area contributed by atoms with Crippen LogP contribution >= 0.6 is 0 Å². The summed E-state index contributed by atoms with van der Waals surface area (Å²) in [6.07, 6.45) is 1.52. The van der Waals surface area contributed by atoms with Crippen molar-refractivity contribution in [2.24, 2.45) is 0 Å². The summed E-state index contributed by atoms with van der Waals surface area (Å²) in [5.74, 6) is 1.77. The number of nitrogens with one attached hydrogen (secondary N) is 1. The maximum Gasteiger partial charge on any atom is 0.132 e. The quantitative estimate of drug-likeness (QED) is 0.775. The van der Waals surface area contributed by atoms with Gasteiger partial charge in [0.1, 0.15) is 29.4 Å². The predicted molar refractivity (Wildman–Crippen MR) is 55.0 cm³/mol. The summed E-state index contributed by atoms with van der Waals surface area (Å²) in [7, 11) is 0. The van der Waals surface area contributed by atoms with Crippen LogP contribution in [0.2, 0.25) is 0 Å². The number of nitrogen functional groups attached to an aromatic ring is 1. The molecule has 2 aromatic heterocycles. The molecule has 0 amide bonds. The van der Waals surface area contributed by atoms with Crippen molar-refractivity contribution >= 4 is 11.6 Å². The van der Waals surface area contributed by atoms with E-state index in [1.807, 2.05) is 0 Å². The summed E-state index contributed by atoms with van der Waals surface area (Å²) in [4.78, 5) is 8.14. The molecule has 0 saturated carbocycles. The zero-order valence-corrected chi connectivity index (χ0v) is 8.27. The molecule has 78 valence electrons. The summed E-state index contributed by atoms with van der Waals surface area (Å²) < 4.78 is 4.70. The molecule has 0 unspecified atom stereocenters. The third-order valence-electron chi connectivity index (χ3n) is 1.80. The van der Waals surface area contributed by atoms with Crippen molar-refractivity contribution in [3.05, 3.63) is 29.9 Å². The smallest absolute Gasteiger partial charge is 0.132 e. The van der Waals surface area contributed by atoms with Crippen molar-refractivity contribution in [3.63, 3.8) is 0 Å². The Balaban J connectivity index is 2.05. The van der Waals surface area contributed by atoms with Crippen molar-refractivity contribution in [2.75, 3.05) is 11.1 Å². The van der Waals surface area contributed by atoms with Crippen LogP contribution in [0.15, 0.2) is 22.9 Å². The molecule has 3 N–H and O–H groups in total. The molecule has 6 heteroatoms. The maximum atomic E-state index is 5.58. The number of nitrogens with zero attached hydrogens (tertiary/aromatic N) is 3. The average molecular weight is 205 g/mol. The van der Waals surface area contributed by atoms with E-state index in [1.54, 1.807) is 19.1 Å². The van der Waals surface area contributed by atoms with Crippen molar-refractivity contribution in [3.8, 4) is 0 Å². The first kappa shape index (κ1) is 9.45. The topological polar surface area (TPSA) is 89.9 Å². The fraction of sp³-hybridized carbons (Fsp3) is 0.222. The van der Waals surface area contributed by atoms with Crippen molar-refractivity contribution in [1.29, 1.82) is 0 Å². The second-order valence-corrected chi connectivity index (χ2v) is 3.07. The fourth-order valence-corrected chi connectivity index (χ4v) is 1.19. The van der Waals surface area contributed by atoms with Crippen molar-refractivity contribution in [1.82, 2.24) is 15.1 Å². The molecule has 0 fully saturated rings. The Morgan fingerprint density at radius 3 is 3.00 bits per heavy atom. The van der Waals surface area contributed by atoms with Gasteiger partial charge in [-0.25, -0.2) is 9.97 Å². The van der Waals surface area contributed by atoms with Crippen LogP contribution in [0.4, 0.5) is 11.6 Å².